The number of rotatable bonds is 8. The van der Waals surface area contributed by atoms with E-state index in [2.05, 4.69) is 36.9 Å². The molecule has 20 heavy (non-hydrogen) atoms. The van der Waals surface area contributed by atoms with Crippen molar-refractivity contribution in [3.8, 4) is 6.07 Å². The van der Waals surface area contributed by atoms with Crippen LogP contribution in [-0.2, 0) is 5.54 Å². The van der Waals surface area contributed by atoms with E-state index in [1.54, 1.807) is 0 Å². The number of nitrogens with two attached hydrogens (primary N) is 1. The molecule has 0 aliphatic heterocycles. The first-order chi connectivity index (χ1) is 9.51. The average molecular weight is 274 g/mol. The Bertz CT molecular complexity index is 424. The van der Waals surface area contributed by atoms with Gasteiger partial charge in [-0.2, -0.15) is 5.26 Å². The maximum atomic E-state index is 9.52. The fourth-order valence-electron chi connectivity index (χ4n) is 2.21. The molecule has 4 nitrogen and oxygen atoms in total. The summed E-state index contributed by atoms with van der Waals surface area (Å²) >= 11 is 0. The molecule has 0 amide bonds. The van der Waals surface area contributed by atoms with E-state index in [0.717, 1.165) is 31.6 Å². The van der Waals surface area contributed by atoms with Gasteiger partial charge >= 0.3 is 0 Å². The summed E-state index contributed by atoms with van der Waals surface area (Å²) in [4.78, 5) is 4.42. The molecule has 0 bridgehead atoms. The minimum Gasteiger partial charge on any atom is -0.309 e. The van der Waals surface area contributed by atoms with Gasteiger partial charge in [0.15, 0.2) is 0 Å². The number of nitriles is 1. The SMILES string of the molecule is CCCN(CCN(C)C)CC(N)(C#N)c1ccccc1. The molecule has 0 fully saturated rings. The van der Waals surface area contributed by atoms with Gasteiger partial charge < -0.3 is 10.6 Å². The van der Waals surface area contributed by atoms with Gasteiger partial charge in [-0.25, -0.2) is 0 Å². The van der Waals surface area contributed by atoms with Crippen LogP contribution in [0.25, 0.3) is 0 Å². The van der Waals surface area contributed by atoms with Crippen LogP contribution >= 0.6 is 0 Å². The highest BCUT2D eigenvalue weighted by Crippen LogP contribution is 2.19. The van der Waals surface area contributed by atoms with Gasteiger partial charge in [-0.05, 0) is 32.6 Å². The average Bonchev–Trinajstić information content (AvgIpc) is 2.45. The molecular weight excluding hydrogens is 248 g/mol. The fourth-order valence-corrected chi connectivity index (χ4v) is 2.21. The lowest BCUT2D eigenvalue weighted by molar-refractivity contribution is 0.211. The van der Waals surface area contributed by atoms with Crippen LogP contribution in [0.15, 0.2) is 30.3 Å². The highest BCUT2D eigenvalue weighted by atomic mass is 15.2. The molecule has 0 saturated carbocycles. The van der Waals surface area contributed by atoms with Crippen molar-refractivity contribution in [3.63, 3.8) is 0 Å². The molecule has 0 aliphatic rings. The van der Waals surface area contributed by atoms with E-state index in [1.807, 2.05) is 30.3 Å². The Morgan fingerprint density at radius 2 is 1.80 bits per heavy atom. The van der Waals surface area contributed by atoms with Crippen LogP contribution in [0.3, 0.4) is 0 Å². The van der Waals surface area contributed by atoms with E-state index in [-0.39, 0.29) is 0 Å². The minimum absolute atomic E-state index is 0.565. The standard InChI is InChI=1S/C16H26N4/c1-4-10-20(12-11-19(2)3)14-16(18,13-17)15-8-6-5-7-9-15/h5-9H,4,10-12,14,18H2,1-3H3. The molecule has 1 rings (SSSR count). The summed E-state index contributed by atoms with van der Waals surface area (Å²) in [6.45, 7) is 5.57. The molecule has 2 N–H and O–H groups in total. The highest BCUT2D eigenvalue weighted by Gasteiger charge is 2.29. The Balaban J connectivity index is 2.80. The smallest absolute Gasteiger partial charge is 0.142 e. The Morgan fingerprint density at radius 1 is 1.15 bits per heavy atom. The van der Waals surface area contributed by atoms with Gasteiger partial charge in [-0.1, -0.05) is 37.3 Å². The molecular formula is C16H26N4. The first kappa shape index (κ1) is 16.6. The fraction of sp³-hybridized carbons (Fsp3) is 0.562. The molecule has 0 aromatic heterocycles. The maximum Gasteiger partial charge on any atom is 0.142 e. The third kappa shape index (κ3) is 4.93. The van der Waals surface area contributed by atoms with Crippen LogP contribution in [-0.4, -0.2) is 50.1 Å². The van der Waals surface area contributed by atoms with Crippen LogP contribution in [0, 0.1) is 11.3 Å². The van der Waals surface area contributed by atoms with Gasteiger partial charge in [0.05, 0.1) is 6.07 Å². The largest absolute Gasteiger partial charge is 0.309 e. The maximum absolute atomic E-state index is 9.52. The van der Waals surface area contributed by atoms with Crippen molar-refractivity contribution in [2.75, 3.05) is 40.3 Å². The normalized spacial score (nSPS) is 14.2. The second-order valence-electron chi connectivity index (χ2n) is 5.53. The Labute approximate surface area is 122 Å². The van der Waals surface area contributed by atoms with E-state index in [4.69, 9.17) is 5.73 Å². The highest BCUT2D eigenvalue weighted by molar-refractivity contribution is 5.31. The molecule has 1 aromatic carbocycles. The van der Waals surface area contributed by atoms with Gasteiger partial charge in [0.2, 0.25) is 0 Å². The summed E-state index contributed by atoms with van der Waals surface area (Å²) in [7, 11) is 4.11. The Morgan fingerprint density at radius 3 is 2.30 bits per heavy atom. The van der Waals surface area contributed by atoms with Crippen molar-refractivity contribution in [1.82, 2.24) is 9.80 Å². The summed E-state index contributed by atoms with van der Waals surface area (Å²) in [5, 5.41) is 9.52. The van der Waals surface area contributed by atoms with E-state index in [1.165, 1.54) is 0 Å². The predicted molar refractivity (Wildman–Crippen MR) is 83.2 cm³/mol. The lowest BCUT2D eigenvalue weighted by atomic mass is 9.92. The summed E-state index contributed by atoms with van der Waals surface area (Å²) in [5.41, 5.74) is 6.28. The van der Waals surface area contributed by atoms with Crippen molar-refractivity contribution < 1.29 is 0 Å². The quantitative estimate of drug-likeness (QED) is 0.783. The second-order valence-corrected chi connectivity index (χ2v) is 5.53. The Hall–Kier alpha value is -1.41. The molecule has 0 aliphatic carbocycles. The van der Waals surface area contributed by atoms with Gasteiger partial charge in [0.25, 0.3) is 0 Å². The third-order valence-corrected chi connectivity index (χ3v) is 3.36. The zero-order chi connectivity index (χ0) is 15.0. The minimum atomic E-state index is -0.942. The number of hydrogen-bond acceptors (Lipinski definition) is 4. The zero-order valence-electron chi connectivity index (χ0n) is 12.8. The number of likely N-dealkylation sites (N-methyl/N-ethyl adjacent to an activating group) is 1. The lowest BCUT2D eigenvalue weighted by Gasteiger charge is -2.31. The van der Waals surface area contributed by atoms with Crippen molar-refractivity contribution in [2.24, 2.45) is 5.73 Å². The van der Waals surface area contributed by atoms with Crippen molar-refractivity contribution >= 4 is 0 Å². The molecule has 110 valence electrons. The van der Waals surface area contributed by atoms with Gasteiger partial charge in [-0.15, -0.1) is 0 Å². The first-order valence-electron chi connectivity index (χ1n) is 7.14. The number of hydrogen-bond donors (Lipinski definition) is 1. The van der Waals surface area contributed by atoms with Crippen LogP contribution in [0.2, 0.25) is 0 Å². The third-order valence-electron chi connectivity index (χ3n) is 3.36. The van der Waals surface area contributed by atoms with Crippen molar-refractivity contribution in [3.05, 3.63) is 35.9 Å². The molecule has 0 heterocycles. The van der Waals surface area contributed by atoms with Crippen molar-refractivity contribution in [1.29, 1.82) is 5.26 Å². The molecule has 0 spiro atoms. The molecule has 1 unspecified atom stereocenters. The molecule has 4 heteroatoms. The molecule has 1 aromatic rings. The number of nitrogens with zero attached hydrogens (tertiary/aromatic N) is 3. The summed E-state index contributed by atoms with van der Waals surface area (Å²) in [6, 6.07) is 12.0. The van der Waals surface area contributed by atoms with Crippen LogP contribution in [0.1, 0.15) is 18.9 Å². The predicted octanol–water partition coefficient (Wildman–Crippen LogP) is 1.64. The lowest BCUT2D eigenvalue weighted by Crippen LogP contribution is -2.48. The monoisotopic (exact) mass is 274 g/mol. The zero-order valence-corrected chi connectivity index (χ0v) is 12.8. The van der Waals surface area contributed by atoms with Gasteiger partial charge in [0, 0.05) is 19.6 Å². The van der Waals surface area contributed by atoms with Crippen LogP contribution in [0.5, 0.6) is 0 Å². The Kier molecular flexibility index (Phi) is 6.66. The van der Waals surface area contributed by atoms with E-state index in [0.29, 0.717) is 6.54 Å². The summed E-state index contributed by atoms with van der Waals surface area (Å²) in [6.07, 6.45) is 1.06. The topological polar surface area (TPSA) is 56.3 Å². The second kappa shape index (κ2) is 8.01. The molecule has 1 atom stereocenters. The van der Waals surface area contributed by atoms with E-state index < -0.39 is 5.54 Å². The van der Waals surface area contributed by atoms with E-state index in [9.17, 15) is 5.26 Å². The summed E-state index contributed by atoms with van der Waals surface area (Å²) < 4.78 is 0. The number of benzene rings is 1. The molecule has 0 saturated heterocycles. The van der Waals surface area contributed by atoms with E-state index >= 15 is 0 Å². The van der Waals surface area contributed by atoms with Crippen molar-refractivity contribution in [2.45, 2.75) is 18.9 Å². The summed E-state index contributed by atoms with van der Waals surface area (Å²) in [5.74, 6) is 0. The molecule has 0 radical (unpaired) electrons. The first-order valence-corrected chi connectivity index (χ1v) is 7.14. The van der Waals surface area contributed by atoms with Gasteiger partial charge in [-0.3, -0.25) is 4.90 Å². The van der Waals surface area contributed by atoms with Gasteiger partial charge in [0.1, 0.15) is 5.54 Å². The van der Waals surface area contributed by atoms with Crippen LogP contribution < -0.4 is 5.73 Å². The van der Waals surface area contributed by atoms with Crippen LogP contribution in [0.4, 0.5) is 0 Å².